The molecule has 0 spiro atoms. The molecule has 236 valence electrons. The van der Waals surface area contributed by atoms with Gasteiger partial charge in [-0.1, -0.05) is 96.0 Å². The summed E-state index contributed by atoms with van der Waals surface area (Å²) in [6.45, 7) is 3.99. The topological polar surface area (TPSA) is 87.3 Å². The van der Waals surface area contributed by atoms with E-state index in [4.69, 9.17) is 23.2 Å². The minimum atomic E-state index is -0.574. The molecule has 0 bridgehead atoms. The monoisotopic (exact) mass is 679 g/mol. The number of carbonyl (C=O) groups excluding carboxylic acids is 3. The number of thioether (sulfide) groups is 1. The highest BCUT2D eigenvalue weighted by Gasteiger charge is 2.23. The lowest BCUT2D eigenvalue weighted by Crippen LogP contribution is -2.30. The molecule has 6 nitrogen and oxygen atoms in total. The van der Waals surface area contributed by atoms with E-state index in [9.17, 15) is 14.4 Å². The van der Waals surface area contributed by atoms with Gasteiger partial charge in [0.1, 0.15) is 10.9 Å². The average molecular weight is 681 g/mol. The van der Waals surface area contributed by atoms with E-state index in [-0.39, 0.29) is 11.6 Å². The van der Waals surface area contributed by atoms with E-state index in [1.54, 1.807) is 66.7 Å². The predicted molar refractivity (Wildman–Crippen MR) is 193 cm³/mol. The summed E-state index contributed by atoms with van der Waals surface area (Å²) in [6.07, 6.45) is 1.50. The van der Waals surface area contributed by atoms with Crippen molar-refractivity contribution in [2.45, 2.75) is 24.0 Å². The van der Waals surface area contributed by atoms with Gasteiger partial charge in [0.2, 0.25) is 5.91 Å². The molecule has 5 aromatic rings. The van der Waals surface area contributed by atoms with Crippen molar-refractivity contribution < 1.29 is 14.4 Å². The molecule has 0 aliphatic carbocycles. The third kappa shape index (κ3) is 8.92. The lowest BCUT2D eigenvalue weighted by molar-refractivity contribution is -0.116. The Morgan fingerprint density at radius 1 is 0.745 bits per heavy atom. The van der Waals surface area contributed by atoms with Crippen molar-refractivity contribution in [2.75, 3.05) is 10.6 Å². The molecule has 0 aliphatic heterocycles. The molecule has 47 heavy (non-hydrogen) atoms. The maximum absolute atomic E-state index is 13.7. The van der Waals surface area contributed by atoms with Gasteiger partial charge in [-0.25, -0.2) is 0 Å². The Kier molecular flexibility index (Phi) is 11.2. The van der Waals surface area contributed by atoms with Crippen LogP contribution in [-0.2, 0) is 9.59 Å². The molecular formula is C38H31Cl2N3O3S. The summed E-state index contributed by atoms with van der Waals surface area (Å²) in [7, 11) is 0. The predicted octanol–water partition coefficient (Wildman–Crippen LogP) is 9.49. The van der Waals surface area contributed by atoms with Crippen molar-refractivity contribution in [3.63, 3.8) is 0 Å². The molecule has 0 heterocycles. The van der Waals surface area contributed by atoms with Crippen LogP contribution in [0.2, 0.25) is 10.0 Å². The lowest BCUT2D eigenvalue weighted by Gasteiger charge is -2.19. The highest BCUT2D eigenvalue weighted by Crippen LogP contribution is 2.37. The smallest absolute Gasteiger partial charge is 0.272 e. The quantitative estimate of drug-likeness (QED) is 0.101. The second-order valence-electron chi connectivity index (χ2n) is 10.7. The minimum Gasteiger partial charge on any atom is -0.325 e. The standard InChI is InChI=1S/C38H31Cl2N3O3S/c1-24-11-9-18-33(25(24)2)42-38(46)35(26-12-5-3-6-13-26)47-31-17-10-16-30(23-31)41-37(45)34(21-28-19-20-29(39)22-32(28)40)43-36(44)27-14-7-4-8-15-27/h3-23,35H,1-2H3,(H,41,45)(H,42,46)(H,43,44)/b34-21+. The Hall–Kier alpha value is -4.82. The van der Waals surface area contributed by atoms with Gasteiger partial charge in [0.05, 0.1) is 0 Å². The molecule has 0 saturated heterocycles. The van der Waals surface area contributed by atoms with Crippen molar-refractivity contribution in [3.05, 3.63) is 165 Å². The number of nitrogens with one attached hydrogen (secondary N) is 3. The highest BCUT2D eigenvalue weighted by atomic mass is 35.5. The molecule has 0 saturated carbocycles. The average Bonchev–Trinajstić information content (AvgIpc) is 3.07. The zero-order valence-corrected chi connectivity index (χ0v) is 27.9. The van der Waals surface area contributed by atoms with E-state index in [1.807, 2.05) is 68.4 Å². The molecule has 5 rings (SSSR count). The Labute approximate surface area is 288 Å². The maximum Gasteiger partial charge on any atom is 0.272 e. The van der Waals surface area contributed by atoms with Crippen LogP contribution in [-0.4, -0.2) is 17.7 Å². The summed E-state index contributed by atoms with van der Waals surface area (Å²) >= 11 is 13.8. The Morgan fingerprint density at radius 2 is 1.45 bits per heavy atom. The third-order valence-corrected chi connectivity index (χ3v) is 9.15. The number of hydrogen-bond donors (Lipinski definition) is 3. The van der Waals surface area contributed by atoms with E-state index in [0.29, 0.717) is 26.9 Å². The van der Waals surface area contributed by atoms with Crippen molar-refractivity contribution in [2.24, 2.45) is 0 Å². The van der Waals surface area contributed by atoms with Gasteiger partial charge in [0.25, 0.3) is 11.8 Å². The summed E-state index contributed by atoms with van der Waals surface area (Å²) in [5.74, 6) is -1.19. The molecule has 5 aromatic carbocycles. The van der Waals surface area contributed by atoms with Gasteiger partial charge in [0, 0.05) is 31.9 Å². The third-order valence-electron chi connectivity index (χ3n) is 7.34. The molecule has 0 radical (unpaired) electrons. The lowest BCUT2D eigenvalue weighted by atomic mass is 10.1. The Bertz CT molecular complexity index is 1950. The number of halogens is 2. The van der Waals surface area contributed by atoms with Gasteiger partial charge in [-0.3, -0.25) is 14.4 Å². The first-order valence-electron chi connectivity index (χ1n) is 14.7. The second kappa shape index (κ2) is 15.6. The largest absolute Gasteiger partial charge is 0.325 e. The van der Waals surface area contributed by atoms with Crippen LogP contribution in [0.1, 0.15) is 37.9 Å². The van der Waals surface area contributed by atoms with Gasteiger partial charge >= 0.3 is 0 Å². The molecule has 0 aromatic heterocycles. The fourth-order valence-electron chi connectivity index (χ4n) is 4.68. The number of anilines is 2. The fourth-order valence-corrected chi connectivity index (χ4v) is 6.23. The molecule has 1 atom stereocenters. The minimum absolute atomic E-state index is 0.0174. The summed E-state index contributed by atoms with van der Waals surface area (Å²) in [5.41, 5.74) is 5.03. The van der Waals surface area contributed by atoms with Crippen molar-refractivity contribution in [1.82, 2.24) is 5.32 Å². The van der Waals surface area contributed by atoms with Crippen LogP contribution < -0.4 is 16.0 Å². The molecule has 0 fully saturated rings. The van der Waals surface area contributed by atoms with Gasteiger partial charge in [-0.15, -0.1) is 11.8 Å². The molecular weight excluding hydrogens is 649 g/mol. The number of amides is 3. The van der Waals surface area contributed by atoms with E-state index in [2.05, 4.69) is 16.0 Å². The molecule has 3 N–H and O–H groups in total. The van der Waals surface area contributed by atoms with Crippen LogP contribution in [0.5, 0.6) is 0 Å². The van der Waals surface area contributed by atoms with Crippen LogP contribution in [0.3, 0.4) is 0 Å². The Morgan fingerprint density at radius 3 is 2.17 bits per heavy atom. The first-order valence-corrected chi connectivity index (χ1v) is 16.3. The van der Waals surface area contributed by atoms with Gasteiger partial charge < -0.3 is 16.0 Å². The van der Waals surface area contributed by atoms with Crippen LogP contribution in [0, 0.1) is 13.8 Å². The summed E-state index contributed by atoms with van der Waals surface area (Å²) < 4.78 is 0. The van der Waals surface area contributed by atoms with Crippen molar-refractivity contribution in [1.29, 1.82) is 0 Å². The van der Waals surface area contributed by atoms with Crippen LogP contribution >= 0.6 is 35.0 Å². The molecule has 0 aliphatic rings. The normalized spacial score (nSPS) is 11.8. The van der Waals surface area contributed by atoms with Crippen molar-refractivity contribution in [3.8, 4) is 0 Å². The first kappa shape index (κ1) is 33.5. The van der Waals surface area contributed by atoms with Crippen LogP contribution in [0.4, 0.5) is 11.4 Å². The first-order chi connectivity index (χ1) is 22.7. The molecule has 1 unspecified atom stereocenters. The zero-order chi connectivity index (χ0) is 33.3. The molecule has 9 heteroatoms. The SMILES string of the molecule is Cc1cccc(NC(=O)C(Sc2cccc(NC(=O)/C(=C\c3ccc(Cl)cc3Cl)NC(=O)c3ccccc3)c2)c2ccccc2)c1C. The molecule has 3 amide bonds. The van der Waals surface area contributed by atoms with E-state index in [0.717, 1.165) is 27.3 Å². The summed E-state index contributed by atoms with van der Waals surface area (Å²) in [4.78, 5) is 41.2. The van der Waals surface area contributed by atoms with Crippen LogP contribution in [0.15, 0.2) is 132 Å². The Balaban J connectivity index is 1.40. The number of carbonyl (C=O) groups is 3. The van der Waals surface area contributed by atoms with Gasteiger partial charge in [0.15, 0.2) is 0 Å². The second-order valence-corrected chi connectivity index (χ2v) is 12.7. The number of hydrogen-bond acceptors (Lipinski definition) is 4. The van der Waals surface area contributed by atoms with E-state index < -0.39 is 17.1 Å². The van der Waals surface area contributed by atoms with E-state index >= 15 is 0 Å². The number of aryl methyl sites for hydroxylation is 1. The van der Waals surface area contributed by atoms with Crippen molar-refractivity contribution >= 4 is 70.1 Å². The van der Waals surface area contributed by atoms with Crippen LogP contribution in [0.25, 0.3) is 6.08 Å². The number of benzene rings is 5. The van der Waals surface area contributed by atoms with Gasteiger partial charge in [-0.2, -0.15) is 0 Å². The maximum atomic E-state index is 13.7. The summed E-state index contributed by atoms with van der Waals surface area (Å²) in [5, 5.41) is 8.89. The van der Waals surface area contributed by atoms with Gasteiger partial charge in [-0.05, 0) is 90.7 Å². The highest BCUT2D eigenvalue weighted by molar-refractivity contribution is 8.00. The summed E-state index contributed by atoms with van der Waals surface area (Å²) in [6, 6.07) is 36.0. The number of rotatable bonds is 10. The fraction of sp³-hybridized carbons (Fsp3) is 0.0789. The van der Waals surface area contributed by atoms with E-state index in [1.165, 1.54) is 17.8 Å². The zero-order valence-electron chi connectivity index (χ0n) is 25.6.